The summed E-state index contributed by atoms with van der Waals surface area (Å²) in [5, 5.41) is 3.68. The highest BCUT2D eigenvalue weighted by Gasteiger charge is 2.14. The quantitative estimate of drug-likeness (QED) is 0.284. The summed E-state index contributed by atoms with van der Waals surface area (Å²) in [4.78, 5) is 15.8. The van der Waals surface area contributed by atoms with Crippen LogP contribution < -0.4 is 5.73 Å². The largest absolute Gasteiger partial charge is 0.384 e. The zero-order chi connectivity index (χ0) is 13.4. The van der Waals surface area contributed by atoms with Crippen molar-refractivity contribution in [3.05, 3.63) is 35.9 Å². The van der Waals surface area contributed by atoms with Gasteiger partial charge >= 0.3 is 5.97 Å². The van der Waals surface area contributed by atoms with Gasteiger partial charge in [-0.05, 0) is 12.0 Å². The highest BCUT2D eigenvalue weighted by molar-refractivity contribution is 6.18. The average Bonchev–Trinajstić information content (AvgIpc) is 2.39. The van der Waals surface area contributed by atoms with E-state index in [1.807, 2.05) is 37.3 Å². The first-order valence-electron chi connectivity index (χ1n) is 5.83. The van der Waals surface area contributed by atoms with Gasteiger partial charge in [0, 0.05) is 11.8 Å². The highest BCUT2D eigenvalue weighted by Crippen LogP contribution is 2.19. The van der Waals surface area contributed by atoms with Crippen LogP contribution in [-0.2, 0) is 9.63 Å². The van der Waals surface area contributed by atoms with Gasteiger partial charge in [-0.1, -0.05) is 42.4 Å². The van der Waals surface area contributed by atoms with Crippen LogP contribution >= 0.6 is 11.6 Å². The number of halogens is 1. The fourth-order valence-electron chi connectivity index (χ4n) is 1.59. The van der Waals surface area contributed by atoms with E-state index in [2.05, 4.69) is 9.99 Å². The van der Waals surface area contributed by atoms with Crippen molar-refractivity contribution in [3.8, 4) is 0 Å². The Morgan fingerprint density at radius 1 is 1.44 bits per heavy atom. The summed E-state index contributed by atoms with van der Waals surface area (Å²) < 4.78 is 0. The Hall–Kier alpha value is -1.55. The van der Waals surface area contributed by atoms with Gasteiger partial charge < -0.3 is 10.6 Å². The predicted octanol–water partition coefficient (Wildman–Crippen LogP) is 2.62. The molecule has 0 amide bonds. The van der Waals surface area contributed by atoms with Crippen molar-refractivity contribution < 1.29 is 9.63 Å². The van der Waals surface area contributed by atoms with Crippen molar-refractivity contribution in [1.29, 1.82) is 0 Å². The molecule has 1 aromatic rings. The monoisotopic (exact) mass is 268 g/mol. The minimum Gasteiger partial charge on any atom is -0.384 e. The molecule has 18 heavy (non-hydrogen) atoms. The van der Waals surface area contributed by atoms with Gasteiger partial charge in [0.15, 0.2) is 0 Å². The molecular formula is C13H17ClN2O2. The molecule has 0 aliphatic heterocycles. The summed E-state index contributed by atoms with van der Waals surface area (Å²) in [6.07, 6.45) is 0.910. The lowest BCUT2D eigenvalue weighted by atomic mass is 9.96. The Morgan fingerprint density at radius 3 is 2.67 bits per heavy atom. The Balaban J connectivity index is 2.71. The first-order valence-corrected chi connectivity index (χ1v) is 6.36. The summed E-state index contributed by atoms with van der Waals surface area (Å²) >= 11 is 5.42. The second-order valence-electron chi connectivity index (χ2n) is 3.79. The summed E-state index contributed by atoms with van der Waals surface area (Å²) in [6, 6.07) is 9.74. The van der Waals surface area contributed by atoms with Crippen LogP contribution in [0.25, 0.3) is 0 Å². The molecule has 0 saturated heterocycles. The van der Waals surface area contributed by atoms with Crippen LogP contribution in [0.4, 0.5) is 0 Å². The zero-order valence-electron chi connectivity index (χ0n) is 10.3. The van der Waals surface area contributed by atoms with Crippen LogP contribution in [0, 0.1) is 0 Å². The van der Waals surface area contributed by atoms with E-state index in [1.54, 1.807) is 0 Å². The lowest BCUT2D eigenvalue weighted by Crippen LogP contribution is -2.22. The van der Waals surface area contributed by atoms with Gasteiger partial charge in [0.2, 0.25) is 0 Å². The minimum atomic E-state index is -0.476. The number of oxime groups is 1. The number of nitrogens with zero attached hydrogens (tertiary/aromatic N) is 1. The van der Waals surface area contributed by atoms with Crippen LogP contribution in [0.1, 0.15) is 31.2 Å². The Bertz CT molecular complexity index is 407. The molecule has 0 aliphatic rings. The van der Waals surface area contributed by atoms with Gasteiger partial charge in [0.25, 0.3) is 0 Å². The van der Waals surface area contributed by atoms with Crippen LogP contribution in [-0.4, -0.2) is 17.7 Å². The molecular weight excluding hydrogens is 252 g/mol. The van der Waals surface area contributed by atoms with Crippen LogP contribution in [0.5, 0.6) is 0 Å². The number of carbonyl (C=O) groups is 1. The predicted molar refractivity (Wildman–Crippen MR) is 72.5 cm³/mol. The number of alkyl halides is 1. The zero-order valence-corrected chi connectivity index (χ0v) is 11.1. The molecule has 2 N–H and O–H groups in total. The molecule has 0 saturated carbocycles. The normalized spacial score (nSPS) is 13.1. The molecule has 98 valence electrons. The number of hydrogen-bond donors (Lipinski definition) is 1. The molecule has 0 radical (unpaired) electrons. The number of rotatable bonds is 6. The number of hydrogen-bond acceptors (Lipinski definition) is 3. The molecule has 0 aliphatic carbocycles. The lowest BCUT2D eigenvalue weighted by molar-refractivity contribution is -0.143. The molecule has 1 aromatic carbocycles. The lowest BCUT2D eigenvalue weighted by Gasteiger charge is -2.13. The first kappa shape index (κ1) is 14.5. The first-order chi connectivity index (χ1) is 8.69. The highest BCUT2D eigenvalue weighted by atomic mass is 35.5. The molecule has 0 bridgehead atoms. The third-order valence-corrected chi connectivity index (χ3v) is 2.71. The molecule has 0 aromatic heterocycles. The van der Waals surface area contributed by atoms with E-state index in [4.69, 9.17) is 17.3 Å². The number of amidine groups is 1. The maximum atomic E-state index is 11.1. The van der Waals surface area contributed by atoms with E-state index >= 15 is 0 Å². The third-order valence-electron chi connectivity index (χ3n) is 2.52. The van der Waals surface area contributed by atoms with E-state index in [0.717, 1.165) is 12.0 Å². The number of benzene rings is 1. The summed E-state index contributed by atoms with van der Waals surface area (Å²) in [6.45, 7) is 2.00. The molecule has 4 nitrogen and oxygen atoms in total. The standard InChI is InChI=1S/C13H17ClN2O2/c1-2-11(10-6-4-3-5-7-10)13(15)16-18-12(17)8-9-14/h3-7,11H,2,8-9H2,1H3,(H2,15,16). The Morgan fingerprint density at radius 2 is 2.11 bits per heavy atom. The van der Waals surface area contributed by atoms with E-state index in [9.17, 15) is 4.79 Å². The SMILES string of the molecule is CCC(/C(N)=N/OC(=O)CCCl)c1ccccc1. The van der Waals surface area contributed by atoms with Crippen LogP contribution in [0.2, 0.25) is 0 Å². The van der Waals surface area contributed by atoms with Crippen LogP contribution in [0.15, 0.2) is 35.5 Å². The van der Waals surface area contributed by atoms with Crippen molar-refractivity contribution in [3.63, 3.8) is 0 Å². The fraction of sp³-hybridized carbons (Fsp3) is 0.385. The van der Waals surface area contributed by atoms with E-state index in [0.29, 0.717) is 5.84 Å². The van der Waals surface area contributed by atoms with E-state index in [1.165, 1.54) is 0 Å². The molecule has 0 fully saturated rings. The van der Waals surface area contributed by atoms with Crippen molar-refractivity contribution >= 4 is 23.4 Å². The van der Waals surface area contributed by atoms with Gasteiger partial charge in [-0.3, -0.25) is 0 Å². The molecule has 5 heteroatoms. The summed E-state index contributed by atoms with van der Waals surface area (Å²) in [7, 11) is 0. The van der Waals surface area contributed by atoms with Crippen molar-refractivity contribution in [2.45, 2.75) is 25.7 Å². The van der Waals surface area contributed by atoms with Gasteiger partial charge in [0.05, 0.1) is 6.42 Å². The Kier molecular flexibility index (Phi) is 6.22. The minimum absolute atomic E-state index is 0.0463. The maximum absolute atomic E-state index is 11.1. The van der Waals surface area contributed by atoms with Gasteiger partial charge in [-0.15, -0.1) is 11.6 Å². The fourth-order valence-corrected chi connectivity index (χ4v) is 1.75. The van der Waals surface area contributed by atoms with Crippen molar-refractivity contribution in [1.82, 2.24) is 0 Å². The van der Waals surface area contributed by atoms with Gasteiger partial charge in [0.1, 0.15) is 5.84 Å². The van der Waals surface area contributed by atoms with E-state index in [-0.39, 0.29) is 18.2 Å². The molecule has 0 spiro atoms. The van der Waals surface area contributed by atoms with Crippen molar-refractivity contribution in [2.75, 3.05) is 5.88 Å². The second-order valence-corrected chi connectivity index (χ2v) is 4.17. The molecule has 1 unspecified atom stereocenters. The second kappa shape index (κ2) is 7.71. The van der Waals surface area contributed by atoms with Gasteiger partial charge in [-0.2, -0.15) is 0 Å². The Labute approximate surface area is 112 Å². The maximum Gasteiger partial charge on any atom is 0.336 e. The smallest absolute Gasteiger partial charge is 0.336 e. The molecule has 0 heterocycles. The van der Waals surface area contributed by atoms with Crippen LogP contribution in [0.3, 0.4) is 0 Å². The average molecular weight is 269 g/mol. The summed E-state index contributed by atoms with van der Waals surface area (Å²) in [5.74, 6) is -0.0121. The summed E-state index contributed by atoms with van der Waals surface area (Å²) in [5.41, 5.74) is 6.90. The molecule has 1 atom stereocenters. The third kappa shape index (κ3) is 4.37. The topological polar surface area (TPSA) is 64.7 Å². The number of carbonyl (C=O) groups excluding carboxylic acids is 1. The van der Waals surface area contributed by atoms with E-state index < -0.39 is 5.97 Å². The number of nitrogens with two attached hydrogens (primary N) is 1. The van der Waals surface area contributed by atoms with Gasteiger partial charge in [-0.25, -0.2) is 4.79 Å². The van der Waals surface area contributed by atoms with Crippen molar-refractivity contribution in [2.24, 2.45) is 10.9 Å². The molecule has 1 rings (SSSR count).